The minimum absolute atomic E-state index is 0.0175. The minimum Gasteiger partial charge on any atom is -0.395 e. The van der Waals surface area contributed by atoms with Gasteiger partial charge in [-0.25, -0.2) is 4.79 Å². The lowest BCUT2D eigenvalue weighted by Crippen LogP contribution is -2.43. The summed E-state index contributed by atoms with van der Waals surface area (Å²) in [7, 11) is 3.28. The van der Waals surface area contributed by atoms with Crippen molar-refractivity contribution in [3.63, 3.8) is 0 Å². The lowest BCUT2D eigenvalue weighted by atomic mass is 10.2. The average Bonchev–Trinajstić information content (AvgIpc) is 2.15. The first-order valence-electron chi connectivity index (χ1n) is 4.73. The van der Waals surface area contributed by atoms with Crippen LogP contribution in [0, 0.1) is 0 Å². The third-order valence-corrected chi connectivity index (χ3v) is 1.91. The maximum absolute atomic E-state index is 11.4. The van der Waals surface area contributed by atoms with E-state index < -0.39 is 0 Å². The number of carbonyl (C=O) groups is 1. The Morgan fingerprint density at radius 1 is 1.64 bits per heavy atom. The standard InChI is InChI=1S/C9H20N2O3/c1-8(4-7-14-3)10-9(13)11(2)5-6-12/h8,12H,4-7H2,1-3H3,(H,10,13). The van der Waals surface area contributed by atoms with E-state index in [4.69, 9.17) is 9.84 Å². The monoisotopic (exact) mass is 204 g/mol. The number of hydrogen-bond acceptors (Lipinski definition) is 3. The topological polar surface area (TPSA) is 61.8 Å². The van der Waals surface area contributed by atoms with E-state index in [9.17, 15) is 4.79 Å². The lowest BCUT2D eigenvalue weighted by molar-refractivity contribution is 0.172. The quantitative estimate of drug-likeness (QED) is 0.642. The van der Waals surface area contributed by atoms with Crippen LogP contribution in [0.3, 0.4) is 0 Å². The number of amides is 2. The van der Waals surface area contributed by atoms with Crippen LogP contribution in [0.2, 0.25) is 0 Å². The molecule has 2 amide bonds. The van der Waals surface area contributed by atoms with Gasteiger partial charge in [0.1, 0.15) is 0 Å². The zero-order valence-electron chi connectivity index (χ0n) is 9.12. The molecule has 0 heterocycles. The van der Waals surface area contributed by atoms with Gasteiger partial charge in [-0.15, -0.1) is 0 Å². The molecular formula is C9H20N2O3. The molecule has 5 nitrogen and oxygen atoms in total. The largest absolute Gasteiger partial charge is 0.395 e. The van der Waals surface area contributed by atoms with Crippen LogP contribution in [0.25, 0.3) is 0 Å². The second-order valence-electron chi connectivity index (χ2n) is 3.28. The summed E-state index contributed by atoms with van der Waals surface area (Å²) in [5.41, 5.74) is 0. The maximum atomic E-state index is 11.4. The zero-order valence-corrected chi connectivity index (χ0v) is 9.12. The van der Waals surface area contributed by atoms with Gasteiger partial charge in [0.2, 0.25) is 0 Å². The van der Waals surface area contributed by atoms with E-state index in [1.807, 2.05) is 6.92 Å². The number of hydrogen-bond donors (Lipinski definition) is 2. The number of likely N-dealkylation sites (N-methyl/N-ethyl adjacent to an activating group) is 1. The predicted octanol–water partition coefficient (Wildman–Crippen LogP) is 0.0451. The van der Waals surface area contributed by atoms with Crippen LogP contribution in [-0.4, -0.2) is 56.0 Å². The molecule has 0 saturated carbocycles. The summed E-state index contributed by atoms with van der Waals surface area (Å²) in [5, 5.41) is 11.4. The molecule has 1 atom stereocenters. The van der Waals surface area contributed by atoms with E-state index in [1.165, 1.54) is 4.90 Å². The Hall–Kier alpha value is -0.810. The number of aliphatic hydroxyl groups is 1. The van der Waals surface area contributed by atoms with Gasteiger partial charge in [-0.1, -0.05) is 0 Å². The number of urea groups is 1. The van der Waals surface area contributed by atoms with Gasteiger partial charge < -0.3 is 20.1 Å². The fourth-order valence-electron chi connectivity index (χ4n) is 0.939. The van der Waals surface area contributed by atoms with E-state index in [2.05, 4.69) is 5.32 Å². The van der Waals surface area contributed by atoms with Crippen LogP contribution >= 0.6 is 0 Å². The Morgan fingerprint density at radius 2 is 2.29 bits per heavy atom. The highest BCUT2D eigenvalue weighted by molar-refractivity contribution is 5.74. The van der Waals surface area contributed by atoms with Gasteiger partial charge in [0.05, 0.1) is 6.61 Å². The summed E-state index contributed by atoms with van der Waals surface area (Å²) < 4.78 is 4.90. The van der Waals surface area contributed by atoms with Gasteiger partial charge in [0.15, 0.2) is 0 Å². The highest BCUT2D eigenvalue weighted by Crippen LogP contribution is 1.93. The van der Waals surface area contributed by atoms with Gasteiger partial charge in [0, 0.05) is 33.4 Å². The molecule has 0 bridgehead atoms. The second-order valence-corrected chi connectivity index (χ2v) is 3.28. The van der Waals surface area contributed by atoms with Crippen molar-refractivity contribution < 1.29 is 14.6 Å². The number of aliphatic hydroxyl groups excluding tert-OH is 1. The normalized spacial score (nSPS) is 12.3. The number of rotatable bonds is 6. The van der Waals surface area contributed by atoms with E-state index in [-0.39, 0.29) is 18.7 Å². The first-order valence-corrected chi connectivity index (χ1v) is 4.73. The summed E-state index contributed by atoms with van der Waals surface area (Å²) in [6, 6.07) is -0.0776. The smallest absolute Gasteiger partial charge is 0.317 e. The molecule has 0 aromatic heterocycles. The molecule has 0 spiro atoms. The number of carbonyl (C=O) groups excluding carboxylic acids is 1. The Labute approximate surface area is 85.0 Å². The second kappa shape index (κ2) is 7.58. The predicted molar refractivity (Wildman–Crippen MR) is 54.2 cm³/mol. The van der Waals surface area contributed by atoms with Crippen molar-refractivity contribution in [3.8, 4) is 0 Å². The van der Waals surface area contributed by atoms with Gasteiger partial charge in [-0.2, -0.15) is 0 Å². The summed E-state index contributed by atoms with van der Waals surface area (Å²) in [4.78, 5) is 12.8. The summed E-state index contributed by atoms with van der Waals surface area (Å²) in [5.74, 6) is 0. The summed E-state index contributed by atoms with van der Waals surface area (Å²) >= 11 is 0. The van der Waals surface area contributed by atoms with Gasteiger partial charge in [-0.05, 0) is 13.3 Å². The zero-order chi connectivity index (χ0) is 11.0. The molecule has 0 aliphatic rings. The number of nitrogens with one attached hydrogen (secondary N) is 1. The fourth-order valence-corrected chi connectivity index (χ4v) is 0.939. The molecule has 84 valence electrons. The number of methoxy groups -OCH3 is 1. The fraction of sp³-hybridized carbons (Fsp3) is 0.889. The van der Waals surface area contributed by atoms with Crippen molar-refractivity contribution in [2.75, 3.05) is 33.9 Å². The number of nitrogens with zero attached hydrogens (tertiary/aromatic N) is 1. The van der Waals surface area contributed by atoms with E-state index in [0.29, 0.717) is 13.2 Å². The van der Waals surface area contributed by atoms with Crippen LogP contribution in [0.15, 0.2) is 0 Å². The van der Waals surface area contributed by atoms with E-state index in [1.54, 1.807) is 14.2 Å². The molecule has 5 heteroatoms. The molecule has 1 unspecified atom stereocenters. The Bertz CT molecular complexity index is 164. The summed E-state index contributed by atoms with van der Waals surface area (Å²) in [6.45, 7) is 2.88. The van der Waals surface area contributed by atoms with Crippen LogP contribution in [0.4, 0.5) is 4.79 Å². The lowest BCUT2D eigenvalue weighted by Gasteiger charge is -2.20. The average molecular weight is 204 g/mol. The highest BCUT2D eigenvalue weighted by Gasteiger charge is 2.10. The minimum atomic E-state index is -0.164. The van der Waals surface area contributed by atoms with Crippen molar-refractivity contribution in [2.45, 2.75) is 19.4 Å². The first kappa shape index (κ1) is 13.2. The molecule has 0 aromatic carbocycles. The van der Waals surface area contributed by atoms with Crippen molar-refractivity contribution in [3.05, 3.63) is 0 Å². The maximum Gasteiger partial charge on any atom is 0.317 e. The molecule has 0 aliphatic heterocycles. The van der Waals surface area contributed by atoms with Crippen LogP contribution in [0.5, 0.6) is 0 Å². The molecule has 14 heavy (non-hydrogen) atoms. The number of ether oxygens (including phenoxy) is 1. The molecule has 0 rings (SSSR count). The van der Waals surface area contributed by atoms with Gasteiger partial charge >= 0.3 is 6.03 Å². The third-order valence-electron chi connectivity index (χ3n) is 1.91. The summed E-state index contributed by atoms with van der Waals surface area (Å²) in [6.07, 6.45) is 0.787. The first-order chi connectivity index (χ1) is 6.61. The van der Waals surface area contributed by atoms with E-state index >= 15 is 0 Å². The molecule has 0 aliphatic carbocycles. The van der Waals surface area contributed by atoms with Crippen LogP contribution in [0.1, 0.15) is 13.3 Å². The Kier molecular flexibility index (Phi) is 7.14. The molecular weight excluding hydrogens is 184 g/mol. The van der Waals surface area contributed by atoms with Crippen molar-refractivity contribution >= 4 is 6.03 Å². The van der Waals surface area contributed by atoms with Crippen molar-refractivity contribution in [1.82, 2.24) is 10.2 Å². The molecule has 0 aromatic rings. The molecule has 2 N–H and O–H groups in total. The molecule has 0 fully saturated rings. The van der Waals surface area contributed by atoms with E-state index in [0.717, 1.165) is 6.42 Å². The Morgan fingerprint density at radius 3 is 2.79 bits per heavy atom. The molecule has 0 saturated heterocycles. The van der Waals surface area contributed by atoms with Crippen LogP contribution in [-0.2, 0) is 4.74 Å². The van der Waals surface area contributed by atoms with Crippen molar-refractivity contribution in [2.24, 2.45) is 0 Å². The van der Waals surface area contributed by atoms with Crippen LogP contribution < -0.4 is 5.32 Å². The van der Waals surface area contributed by atoms with Gasteiger partial charge in [-0.3, -0.25) is 0 Å². The highest BCUT2D eigenvalue weighted by atomic mass is 16.5. The van der Waals surface area contributed by atoms with Gasteiger partial charge in [0.25, 0.3) is 0 Å². The SMILES string of the molecule is COCCC(C)NC(=O)N(C)CCO. The van der Waals surface area contributed by atoms with Crippen molar-refractivity contribution in [1.29, 1.82) is 0 Å². The Balaban J connectivity index is 3.69. The third kappa shape index (κ3) is 5.77. The molecule has 0 radical (unpaired) electrons.